The number of pyridine rings is 1. The van der Waals surface area contributed by atoms with Crippen LogP contribution in [0, 0.1) is 0 Å². The van der Waals surface area contributed by atoms with Gasteiger partial charge in [0.2, 0.25) is 0 Å². The van der Waals surface area contributed by atoms with Crippen molar-refractivity contribution in [2.24, 2.45) is 0 Å². The number of hydrogen-bond acceptors (Lipinski definition) is 4. The van der Waals surface area contributed by atoms with Crippen molar-refractivity contribution in [3.63, 3.8) is 0 Å². The van der Waals surface area contributed by atoms with Gasteiger partial charge >= 0.3 is 6.18 Å². The maximum Gasteiger partial charge on any atom is 0.416 e. The number of amides is 2. The second-order valence-electron chi connectivity index (χ2n) is 9.77. The number of carbonyl (C=O) groups is 2. The lowest BCUT2D eigenvalue weighted by Crippen LogP contribution is -2.31. The molecule has 0 spiro atoms. The number of nitrogens with zero attached hydrogens (tertiary/aromatic N) is 1. The summed E-state index contributed by atoms with van der Waals surface area (Å²) >= 11 is 0. The van der Waals surface area contributed by atoms with E-state index >= 15 is 0 Å². The van der Waals surface area contributed by atoms with E-state index in [4.69, 9.17) is 4.74 Å². The van der Waals surface area contributed by atoms with Crippen LogP contribution < -0.4 is 10.6 Å². The third-order valence-electron chi connectivity index (χ3n) is 6.88. The molecule has 5 aromatic rings. The van der Waals surface area contributed by atoms with E-state index in [1.165, 1.54) is 12.1 Å². The van der Waals surface area contributed by atoms with Gasteiger partial charge in [0.25, 0.3) is 11.8 Å². The van der Waals surface area contributed by atoms with Crippen LogP contribution in [0.3, 0.4) is 0 Å². The number of hydrogen-bond donors (Lipinski definition) is 2. The molecule has 5 rings (SSSR count). The second-order valence-corrected chi connectivity index (χ2v) is 9.77. The highest BCUT2D eigenvalue weighted by Crippen LogP contribution is 2.32. The number of halogens is 3. The van der Waals surface area contributed by atoms with Gasteiger partial charge in [-0.1, -0.05) is 60.7 Å². The van der Waals surface area contributed by atoms with Crippen molar-refractivity contribution in [1.29, 1.82) is 0 Å². The number of carbonyl (C=O) groups excluding carboxylic acids is 2. The minimum absolute atomic E-state index is 0.257. The largest absolute Gasteiger partial charge is 0.416 e. The molecule has 6 nitrogen and oxygen atoms in total. The van der Waals surface area contributed by atoms with E-state index < -0.39 is 17.6 Å². The Morgan fingerprint density at radius 1 is 0.837 bits per heavy atom. The van der Waals surface area contributed by atoms with E-state index in [2.05, 4.69) is 15.6 Å². The van der Waals surface area contributed by atoms with Crippen LogP contribution in [0.2, 0.25) is 0 Å². The Balaban J connectivity index is 1.32. The second kappa shape index (κ2) is 12.9. The molecule has 0 radical (unpaired) electrons. The van der Waals surface area contributed by atoms with Crippen molar-refractivity contribution in [3.8, 4) is 11.1 Å². The van der Waals surface area contributed by atoms with E-state index in [1.54, 1.807) is 54.6 Å². The molecule has 9 heteroatoms. The molecular formula is C34H28F3N3O3. The van der Waals surface area contributed by atoms with E-state index in [0.717, 1.165) is 17.7 Å². The molecule has 0 aliphatic carbocycles. The number of anilines is 1. The standard InChI is InChI=1S/C34H28F3N3O3/c1-2-43-21-30(23-8-4-3-5-9-23)39-32(41)25-14-18-29-24(20-25)15-19-31(38-29)40-33(42)28-11-7-6-10-27(28)22-12-16-26(17-13-22)34(35,36)37/h3-20,30H,2,21H2,1H3,(H,39,41)(H,38,40,42). The SMILES string of the molecule is CCOCC(NC(=O)c1ccc2nc(NC(=O)c3ccccc3-c3ccc(C(F)(F)F)cc3)ccc2c1)c1ccccc1. The zero-order chi connectivity index (χ0) is 30.4. The van der Waals surface area contributed by atoms with Crippen molar-refractivity contribution >= 4 is 28.5 Å². The molecule has 1 atom stereocenters. The fourth-order valence-corrected chi connectivity index (χ4v) is 4.68. The number of ether oxygens (including phenoxy) is 1. The van der Waals surface area contributed by atoms with Crippen LogP contribution in [0.4, 0.5) is 19.0 Å². The number of aromatic nitrogens is 1. The maximum atomic E-state index is 13.2. The summed E-state index contributed by atoms with van der Waals surface area (Å²) in [6, 6.07) is 29.1. The van der Waals surface area contributed by atoms with Crippen LogP contribution in [-0.4, -0.2) is 30.0 Å². The summed E-state index contributed by atoms with van der Waals surface area (Å²) in [5, 5.41) is 6.52. The average Bonchev–Trinajstić information content (AvgIpc) is 3.02. The van der Waals surface area contributed by atoms with Crippen LogP contribution >= 0.6 is 0 Å². The minimum atomic E-state index is -4.45. The number of nitrogens with one attached hydrogen (secondary N) is 2. The minimum Gasteiger partial charge on any atom is -0.379 e. The highest BCUT2D eigenvalue weighted by molar-refractivity contribution is 6.08. The summed E-state index contributed by atoms with van der Waals surface area (Å²) in [7, 11) is 0. The predicted octanol–water partition coefficient (Wildman–Crippen LogP) is 7.68. The molecule has 1 unspecified atom stereocenters. The fraction of sp³-hybridized carbons (Fsp3) is 0.147. The van der Waals surface area contributed by atoms with Crippen molar-refractivity contribution in [3.05, 3.63) is 131 Å². The molecular weight excluding hydrogens is 555 g/mol. The van der Waals surface area contributed by atoms with E-state index in [0.29, 0.717) is 40.8 Å². The van der Waals surface area contributed by atoms with Gasteiger partial charge in [-0.15, -0.1) is 0 Å². The summed E-state index contributed by atoms with van der Waals surface area (Å²) in [4.78, 5) is 30.9. The van der Waals surface area contributed by atoms with Crippen LogP contribution in [0.1, 0.15) is 44.8 Å². The Labute approximate surface area is 246 Å². The first-order valence-corrected chi connectivity index (χ1v) is 13.7. The Kier molecular flexibility index (Phi) is 8.82. The van der Waals surface area contributed by atoms with Crippen LogP contribution in [0.5, 0.6) is 0 Å². The molecule has 0 aliphatic heterocycles. The van der Waals surface area contributed by atoms with Gasteiger partial charge in [0, 0.05) is 23.1 Å². The van der Waals surface area contributed by atoms with Gasteiger partial charge in [0.1, 0.15) is 5.82 Å². The molecule has 2 amide bonds. The van der Waals surface area contributed by atoms with Crippen LogP contribution in [0.25, 0.3) is 22.0 Å². The fourth-order valence-electron chi connectivity index (χ4n) is 4.68. The Morgan fingerprint density at radius 2 is 1.56 bits per heavy atom. The molecule has 218 valence electrons. The molecule has 0 bridgehead atoms. The van der Waals surface area contributed by atoms with Gasteiger partial charge in [-0.2, -0.15) is 13.2 Å². The van der Waals surface area contributed by atoms with Crippen LogP contribution in [0.15, 0.2) is 109 Å². The van der Waals surface area contributed by atoms with Crippen molar-refractivity contribution in [1.82, 2.24) is 10.3 Å². The first-order valence-electron chi connectivity index (χ1n) is 13.7. The molecule has 0 aliphatic rings. The van der Waals surface area contributed by atoms with Gasteiger partial charge in [-0.3, -0.25) is 9.59 Å². The number of benzene rings is 4. The van der Waals surface area contributed by atoms with E-state index in [1.807, 2.05) is 37.3 Å². The molecule has 0 saturated carbocycles. The summed E-state index contributed by atoms with van der Waals surface area (Å²) in [6.45, 7) is 2.77. The Hall–Kier alpha value is -5.02. The zero-order valence-electron chi connectivity index (χ0n) is 23.2. The third-order valence-corrected chi connectivity index (χ3v) is 6.88. The molecule has 1 aromatic heterocycles. The molecule has 0 fully saturated rings. The smallest absolute Gasteiger partial charge is 0.379 e. The monoisotopic (exact) mass is 583 g/mol. The highest BCUT2D eigenvalue weighted by Gasteiger charge is 2.30. The van der Waals surface area contributed by atoms with E-state index in [-0.39, 0.29) is 23.3 Å². The Morgan fingerprint density at radius 3 is 2.28 bits per heavy atom. The first kappa shape index (κ1) is 29.5. The highest BCUT2D eigenvalue weighted by atomic mass is 19.4. The number of fused-ring (bicyclic) bond motifs is 1. The lowest BCUT2D eigenvalue weighted by molar-refractivity contribution is -0.137. The third kappa shape index (κ3) is 7.07. The molecule has 43 heavy (non-hydrogen) atoms. The van der Waals surface area contributed by atoms with Gasteiger partial charge < -0.3 is 15.4 Å². The predicted molar refractivity (Wildman–Crippen MR) is 160 cm³/mol. The van der Waals surface area contributed by atoms with E-state index in [9.17, 15) is 22.8 Å². The molecule has 0 saturated heterocycles. The molecule has 4 aromatic carbocycles. The van der Waals surface area contributed by atoms with Crippen LogP contribution in [-0.2, 0) is 10.9 Å². The first-order chi connectivity index (χ1) is 20.7. The average molecular weight is 584 g/mol. The molecule has 1 heterocycles. The molecule has 2 N–H and O–H groups in total. The van der Waals surface area contributed by atoms with Crippen molar-refractivity contribution in [2.45, 2.75) is 19.1 Å². The summed E-state index contributed by atoms with van der Waals surface area (Å²) < 4.78 is 44.6. The lowest BCUT2D eigenvalue weighted by Gasteiger charge is -2.19. The Bertz CT molecular complexity index is 1740. The van der Waals surface area contributed by atoms with Crippen molar-refractivity contribution < 1.29 is 27.5 Å². The maximum absolute atomic E-state index is 13.2. The summed E-state index contributed by atoms with van der Waals surface area (Å²) in [6.07, 6.45) is -4.45. The summed E-state index contributed by atoms with van der Waals surface area (Å²) in [5.74, 6) is -0.426. The van der Waals surface area contributed by atoms with Gasteiger partial charge in [-0.25, -0.2) is 4.98 Å². The summed E-state index contributed by atoms with van der Waals surface area (Å²) in [5.41, 5.74) is 2.45. The van der Waals surface area contributed by atoms with Crippen molar-refractivity contribution in [2.75, 3.05) is 18.5 Å². The number of alkyl halides is 3. The topological polar surface area (TPSA) is 80.3 Å². The number of rotatable bonds is 9. The lowest BCUT2D eigenvalue weighted by atomic mass is 9.98. The van der Waals surface area contributed by atoms with Gasteiger partial charge in [0.05, 0.1) is 23.7 Å². The zero-order valence-corrected chi connectivity index (χ0v) is 23.2. The normalized spacial score (nSPS) is 12.1. The quantitative estimate of drug-likeness (QED) is 0.187. The van der Waals surface area contributed by atoms with Gasteiger partial charge in [0.15, 0.2) is 0 Å². The van der Waals surface area contributed by atoms with Gasteiger partial charge in [-0.05, 0) is 72.1 Å².